The molecule has 29 heteroatoms. The molecule has 0 radical (unpaired) electrons. The topological polar surface area (TPSA) is 270 Å². The number of carbonyl (C=O) groups is 4. The lowest BCUT2D eigenvalue weighted by Crippen LogP contribution is -2.28. The van der Waals surface area contributed by atoms with Crippen molar-refractivity contribution in [2.75, 3.05) is 21.7 Å². The number of rotatable bonds is 17. The maximum absolute atomic E-state index is 14.9. The molecule has 10 rings (SSSR count). The summed E-state index contributed by atoms with van der Waals surface area (Å²) in [6.45, 7) is 6.50. The van der Waals surface area contributed by atoms with E-state index in [0.29, 0.717) is 57.5 Å². The van der Waals surface area contributed by atoms with Gasteiger partial charge in [0.05, 0.1) is 12.8 Å². The quantitative estimate of drug-likeness (QED) is 0.0376. The molecule has 2 aliphatic carbocycles. The van der Waals surface area contributed by atoms with E-state index in [1.165, 1.54) is 36.7 Å². The van der Waals surface area contributed by atoms with Crippen molar-refractivity contribution in [3.8, 4) is 22.3 Å². The summed E-state index contributed by atoms with van der Waals surface area (Å²) in [6.07, 6.45) is 2.49. The molecule has 2 fully saturated rings. The molecule has 0 spiro atoms. The van der Waals surface area contributed by atoms with Crippen LogP contribution in [0.15, 0.2) is 120 Å². The summed E-state index contributed by atoms with van der Waals surface area (Å²) < 4.78 is 122. The van der Waals surface area contributed by atoms with Crippen molar-refractivity contribution in [1.29, 1.82) is 0 Å². The van der Waals surface area contributed by atoms with Crippen LogP contribution in [0.2, 0.25) is 0 Å². The lowest BCUT2D eigenvalue weighted by atomic mass is 10.0. The molecule has 2 aromatic carbocycles. The second kappa shape index (κ2) is 24.3. The number of hydrogen-bond acceptors (Lipinski definition) is 15. The Balaban J connectivity index is 0.000000201. The number of aromatic nitrogens is 10. The van der Waals surface area contributed by atoms with Crippen molar-refractivity contribution in [3.63, 3.8) is 0 Å². The highest BCUT2D eigenvalue weighted by atomic mass is 35.5. The van der Waals surface area contributed by atoms with Gasteiger partial charge in [-0.1, -0.05) is 47.7 Å². The molecule has 2 aliphatic rings. The number of benzene rings is 2. The fourth-order valence-corrected chi connectivity index (χ4v) is 8.33. The molecule has 0 aliphatic heterocycles. The van der Waals surface area contributed by atoms with E-state index in [-0.39, 0.29) is 79.2 Å². The maximum atomic E-state index is 14.9. The number of allylic oxidation sites excluding steroid dienone is 1. The molecule has 83 heavy (non-hydrogen) atoms. The molecule has 3 amide bonds. The van der Waals surface area contributed by atoms with Crippen LogP contribution in [0.4, 0.5) is 58.4 Å². The average Bonchev–Trinajstić information content (AvgIpc) is 4.27. The molecule has 5 N–H and O–H groups in total. The largest absolute Gasteiger partial charge is 0.401 e. The minimum absolute atomic E-state index is 0.0761. The van der Waals surface area contributed by atoms with Crippen molar-refractivity contribution in [2.24, 2.45) is 14.1 Å². The Labute approximate surface area is 470 Å². The van der Waals surface area contributed by atoms with Crippen molar-refractivity contribution >= 4 is 57.8 Å². The number of hydrogen-bond donors (Lipinski definition) is 4. The number of anilines is 4. The number of amides is 3. The van der Waals surface area contributed by atoms with Gasteiger partial charge < -0.3 is 30.7 Å². The Hall–Kier alpha value is -9.47. The molecule has 6 heterocycles. The summed E-state index contributed by atoms with van der Waals surface area (Å²) in [7, 11) is 3.47. The third-order valence-electron chi connectivity index (χ3n) is 13.1. The maximum Gasteiger partial charge on any atom is 0.401 e. The summed E-state index contributed by atoms with van der Waals surface area (Å²) in [4.78, 5) is 63.2. The zero-order valence-electron chi connectivity index (χ0n) is 43.7. The standard InChI is InChI=1S/C27H23F4N7O3.C24H21F4N7O2.C3H3ClO/c1-3-23(39)35-25-17(14-38(2)36-25)9-21-32-12-18(13-33-21)15-4-5-16(19(28)8-15)10-24(40)34-22-11-20(41-37-22)26(6-7-26)27(29,30)31;1-35-12-15(22(29)33-35)7-19-30-10-16(11-31-19)13-2-3-14(17(25)6-13)8-21(36)32-20-9-18(37-34-20)23(4-5-23)24(26,27)28;1-2-3(4)5/h3-5,8,11-14H,1,6-7,9-10H2,2H3,(H,34,37,40)(H,35,36,39);2-3,6,9-12H,4-5,7-8H2,1H3,(H2,29,33)(H,32,34,36);2H,1H2. The highest BCUT2D eigenvalue weighted by molar-refractivity contribution is 6.66. The first-order valence-corrected chi connectivity index (χ1v) is 25.1. The fraction of sp³-hybridized carbons (Fsp3) is 0.259. The van der Waals surface area contributed by atoms with Crippen molar-refractivity contribution in [2.45, 2.75) is 74.5 Å². The first kappa shape index (κ1) is 59.6. The van der Waals surface area contributed by atoms with E-state index in [4.69, 9.17) is 26.4 Å². The number of alkyl halides is 6. The smallest absolute Gasteiger partial charge is 0.382 e. The summed E-state index contributed by atoms with van der Waals surface area (Å²) in [5, 5.41) is 22.1. The first-order chi connectivity index (χ1) is 39.3. The van der Waals surface area contributed by atoms with E-state index in [1.54, 1.807) is 60.4 Å². The number of aryl methyl sites for hydroxylation is 2. The van der Waals surface area contributed by atoms with E-state index < -0.39 is 57.8 Å². The second-order valence-corrected chi connectivity index (χ2v) is 19.5. The molecular formula is C54H47ClF8N14O6. The van der Waals surface area contributed by atoms with Crippen LogP contribution in [0.25, 0.3) is 22.3 Å². The molecule has 2 saturated carbocycles. The van der Waals surface area contributed by atoms with E-state index >= 15 is 0 Å². The second-order valence-electron chi connectivity index (χ2n) is 19.1. The number of nitrogen functional groups attached to an aromatic ring is 1. The summed E-state index contributed by atoms with van der Waals surface area (Å²) in [5.41, 5.74) is 5.50. The Morgan fingerprint density at radius 1 is 0.627 bits per heavy atom. The third kappa shape index (κ3) is 14.4. The molecule has 8 aromatic rings. The monoisotopic (exact) mass is 1170 g/mol. The third-order valence-corrected chi connectivity index (χ3v) is 13.2. The van der Waals surface area contributed by atoms with Gasteiger partial charge in [-0.15, -0.1) is 0 Å². The fourth-order valence-electron chi connectivity index (χ4n) is 8.33. The lowest BCUT2D eigenvalue weighted by molar-refractivity contribution is -0.166. The van der Waals surface area contributed by atoms with Crippen LogP contribution in [-0.2, 0) is 69.8 Å². The molecule has 0 saturated heterocycles. The summed E-state index contributed by atoms with van der Waals surface area (Å²) in [6, 6.07) is 10.7. The Kier molecular flexibility index (Phi) is 17.5. The Morgan fingerprint density at radius 3 is 1.40 bits per heavy atom. The zero-order chi connectivity index (χ0) is 60.0. The van der Waals surface area contributed by atoms with Crippen molar-refractivity contribution < 1.29 is 63.3 Å². The predicted octanol–water partition coefficient (Wildman–Crippen LogP) is 9.38. The van der Waals surface area contributed by atoms with Gasteiger partial charge in [0.25, 0.3) is 0 Å². The van der Waals surface area contributed by atoms with E-state index in [2.05, 4.69) is 69.6 Å². The van der Waals surface area contributed by atoms with Gasteiger partial charge in [-0.3, -0.25) is 28.5 Å². The molecule has 432 valence electrons. The van der Waals surface area contributed by atoms with Crippen LogP contribution < -0.4 is 21.7 Å². The van der Waals surface area contributed by atoms with Crippen LogP contribution in [-0.4, -0.2) is 85.1 Å². The van der Waals surface area contributed by atoms with E-state index in [9.17, 15) is 54.3 Å². The van der Waals surface area contributed by atoms with Crippen molar-refractivity contribution in [3.05, 3.63) is 168 Å². The highest BCUT2D eigenvalue weighted by Crippen LogP contribution is 2.60. The molecule has 0 atom stereocenters. The number of carbonyl (C=O) groups excluding carboxylic acids is 4. The van der Waals surface area contributed by atoms with Crippen molar-refractivity contribution in [1.82, 2.24) is 49.8 Å². The zero-order valence-corrected chi connectivity index (χ0v) is 44.5. The van der Waals surface area contributed by atoms with E-state index in [0.717, 1.165) is 29.8 Å². The first-order valence-electron chi connectivity index (χ1n) is 24.7. The lowest BCUT2D eigenvalue weighted by Gasteiger charge is -2.14. The summed E-state index contributed by atoms with van der Waals surface area (Å²) >= 11 is 4.71. The Bertz CT molecular complexity index is 3720. The average molecular weight is 1180 g/mol. The number of nitrogens with zero attached hydrogens (tertiary/aromatic N) is 10. The van der Waals surface area contributed by atoms with Gasteiger partial charge in [-0.25, -0.2) is 28.7 Å². The minimum Gasteiger partial charge on any atom is -0.382 e. The number of nitrogens with two attached hydrogens (primary N) is 1. The van der Waals surface area contributed by atoms with Gasteiger partial charge in [-0.05, 0) is 83.8 Å². The van der Waals surface area contributed by atoms with Gasteiger partial charge in [0, 0.05) is 98.5 Å². The van der Waals surface area contributed by atoms with Gasteiger partial charge in [-0.2, -0.15) is 36.5 Å². The normalized spacial score (nSPS) is 13.8. The molecule has 20 nitrogen and oxygen atoms in total. The number of nitrogens with one attached hydrogen (secondary N) is 3. The van der Waals surface area contributed by atoms with Crippen LogP contribution in [0.1, 0.15) is 71.1 Å². The highest BCUT2D eigenvalue weighted by Gasteiger charge is 2.67. The van der Waals surface area contributed by atoms with Gasteiger partial charge in [0.15, 0.2) is 29.0 Å². The molecule has 6 aromatic heterocycles. The Morgan fingerprint density at radius 2 is 1.04 bits per heavy atom. The van der Waals surface area contributed by atoms with Crippen LogP contribution in [0.5, 0.6) is 0 Å². The van der Waals surface area contributed by atoms with Gasteiger partial charge in [0.2, 0.25) is 23.0 Å². The molecule has 0 bridgehead atoms. The molecular weight excluding hydrogens is 1130 g/mol. The van der Waals surface area contributed by atoms with Crippen LogP contribution >= 0.6 is 11.6 Å². The van der Waals surface area contributed by atoms with Gasteiger partial charge in [0.1, 0.15) is 39.9 Å². The van der Waals surface area contributed by atoms with Crippen LogP contribution in [0, 0.1) is 11.6 Å². The summed E-state index contributed by atoms with van der Waals surface area (Å²) in [5.74, 6) is -2.29. The van der Waals surface area contributed by atoms with E-state index in [1.807, 2.05) is 0 Å². The van der Waals surface area contributed by atoms with Gasteiger partial charge >= 0.3 is 12.4 Å². The predicted molar refractivity (Wildman–Crippen MR) is 283 cm³/mol. The molecule has 0 unspecified atom stereocenters. The minimum atomic E-state index is -4.47. The van der Waals surface area contributed by atoms with Crippen LogP contribution in [0.3, 0.4) is 0 Å². The number of halogens is 9. The SMILES string of the molecule is C=CC(=O)Cl.C=CC(=O)Nc1nn(C)cc1Cc1ncc(-c2ccc(CC(=O)Nc3cc(C4(C(F)(F)F)CC4)on3)c(F)c2)cn1.Cn1cc(Cc2ncc(-c3ccc(CC(=O)Nc4cc(C5(C(F)(F)F)CC5)on4)c(F)c3)cn2)c(N)n1.